The molecule has 2 rings (SSSR count). The maximum absolute atomic E-state index is 5.45. The first kappa shape index (κ1) is 8.72. The second-order valence-corrected chi connectivity index (χ2v) is 3.71. The molecule has 0 spiro atoms. The molecule has 0 aliphatic rings. The minimum Gasteiger partial charge on any atom is -0.329 e. The average molecular weight is 240 g/mol. The zero-order chi connectivity index (χ0) is 9.26. The van der Waals surface area contributed by atoms with Crippen molar-refractivity contribution in [1.82, 2.24) is 9.78 Å². The van der Waals surface area contributed by atoms with E-state index in [-0.39, 0.29) is 0 Å². The fourth-order valence-corrected chi connectivity index (χ4v) is 1.77. The van der Waals surface area contributed by atoms with E-state index in [1.165, 1.54) is 0 Å². The molecule has 0 fully saturated rings. The lowest BCUT2D eigenvalue weighted by atomic mass is 10.3. The van der Waals surface area contributed by atoms with E-state index in [4.69, 9.17) is 5.73 Å². The lowest BCUT2D eigenvalue weighted by Gasteiger charge is -1.94. The highest BCUT2D eigenvalue weighted by atomic mass is 79.9. The molecule has 3 nitrogen and oxygen atoms in total. The van der Waals surface area contributed by atoms with Crippen LogP contribution in [0.4, 0.5) is 0 Å². The van der Waals surface area contributed by atoms with Gasteiger partial charge in [-0.1, -0.05) is 12.1 Å². The van der Waals surface area contributed by atoms with Crippen LogP contribution in [0, 0.1) is 0 Å². The van der Waals surface area contributed by atoms with Crippen molar-refractivity contribution >= 4 is 26.8 Å². The topological polar surface area (TPSA) is 43.8 Å². The van der Waals surface area contributed by atoms with Crippen LogP contribution in [0.3, 0.4) is 0 Å². The van der Waals surface area contributed by atoms with E-state index in [0.29, 0.717) is 6.54 Å². The molecule has 0 unspecified atom stereocenters. The molecule has 0 saturated heterocycles. The number of hydrogen-bond donors (Lipinski definition) is 1. The summed E-state index contributed by atoms with van der Waals surface area (Å²) in [7, 11) is 0. The highest BCUT2D eigenvalue weighted by Gasteiger charge is 2.02. The van der Waals surface area contributed by atoms with Gasteiger partial charge in [0.15, 0.2) is 0 Å². The Hall–Kier alpha value is -0.870. The Kier molecular flexibility index (Phi) is 2.33. The molecule has 13 heavy (non-hydrogen) atoms. The fraction of sp³-hybridized carbons (Fsp3) is 0.222. The number of nitrogens with zero attached hydrogens (tertiary/aromatic N) is 2. The second kappa shape index (κ2) is 3.47. The molecule has 0 bridgehead atoms. The van der Waals surface area contributed by atoms with Crippen LogP contribution in [0.1, 0.15) is 0 Å². The SMILES string of the molecule is NCCn1cc2cccc(Br)c2n1. The summed E-state index contributed by atoms with van der Waals surface area (Å²) < 4.78 is 2.90. The summed E-state index contributed by atoms with van der Waals surface area (Å²) in [5.41, 5.74) is 6.44. The van der Waals surface area contributed by atoms with Crippen molar-refractivity contribution in [1.29, 1.82) is 0 Å². The summed E-state index contributed by atoms with van der Waals surface area (Å²) in [5.74, 6) is 0. The van der Waals surface area contributed by atoms with E-state index in [9.17, 15) is 0 Å². The molecule has 1 aromatic heterocycles. The molecule has 68 valence electrons. The quantitative estimate of drug-likeness (QED) is 0.869. The lowest BCUT2D eigenvalue weighted by molar-refractivity contribution is 0.631. The molecule has 0 aliphatic carbocycles. The second-order valence-electron chi connectivity index (χ2n) is 2.86. The van der Waals surface area contributed by atoms with Crippen LogP contribution in [0.2, 0.25) is 0 Å². The van der Waals surface area contributed by atoms with Crippen molar-refractivity contribution in [3.05, 3.63) is 28.9 Å². The van der Waals surface area contributed by atoms with E-state index < -0.39 is 0 Å². The standard InChI is InChI=1S/C9H10BrN3/c10-8-3-1-2-7-6-13(5-4-11)12-9(7)8/h1-3,6H,4-5,11H2. The van der Waals surface area contributed by atoms with Crippen molar-refractivity contribution < 1.29 is 0 Å². The Morgan fingerprint density at radius 2 is 2.31 bits per heavy atom. The number of hydrogen-bond acceptors (Lipinski definition) is 2. The summed E-state index contributed by atoms with van der Waals surface area (Å²) >= 11 is 3.45. The molecular formula is C9H10BrN3. The van der Waals surface area contributed by atoms with Gasteiger partial charge >= 0.3 is 0 Å². The monoisotopic (exact) mass is 239 g/mol. The molecule has 0 aliphatic heterocycles. The van der Waals surface area contributed by atoms with Crippen LogP contribution >= 0.6 is 15.9 Å². The van der Waals surface area contributed by atoms with Crippen LogP contribution in [0.15, 0.2) is 28.9 Å². The predicted octanol–water partition coefficient (Wildman–Crippen LogP) is 1.76. The average Bonchev–Trinajstić information content (AvgIpc) is 2.49. The third kappa shape index (κ3) is 1.59. The first-order valence-electron chi connectivity index (χ1n) is 4.13. The molecule has 0 saturated carbocycles. The Morgan fingerprint density at radius 1 is 1.46 bits per heavy atom. The summed E-state index contributed by atoms with van der Waals surface area (Å²) in [6.45, 7) is 1.38. The number of nitrogens with two attached hydrogens (primary N) is 1. The van der Waals surface area contributed by atoms with Gasteiger partial charge < -0.3 is 5.73 Å². The van der Waals surface area contributed by atoms with Crippen LogP contribution in [0.5, 0.6) is 0 Å². The van der Waals surface area contributed by atoms with Gasteiger partial charge in [-0.25, -0.2) is 0 Å². The number of benzene rings is 1. The van der Waals surface area contributed by atoms with Crippen LogP contribution in [-0.4, -0.2) is 16.3 Å². The van der Waals surface area contributed by atoms with Gasteiger partial charge in [-0.2, -0.15) is 5.10 Å². The zero-order valence-electron chi connectivity index (χ0n) is 7.07. The predicted molar refractivity (Wildman–Crippen MR) is 56.5 cm³/mol. The van der Waals surface area contributed by atoms with Gasteiger partial charge in [-0.05, 0) is 22.0 Å². The number of fused-ring (bicyclic) bond motifs is 1. The molecule has 4 heteroatoms. The number of aromatic nitrogens is 2. The van der Waals surface area contributed by atoms with Crippen molar-refractivity contribution in [2.75, 3.05) is 6.54 Å². The smallest absolute Gasteiger partial charge is 0.106 e. The lowest BCUT2D eigenvalue weighted by Crippen LogP contribution is -2.09. The summed E-state index contributed by atoms with van der Waals surface area (Å²) in [6, 6.07) is 6.03. The van der Waals surface area contributed by atoms with Gasteiger partial charge in [-0.3, -0.25) is 4.68 Å². The van der Waals surface area contributed by atoms with Crippen LogP contribution < -0.4 is 5.73 Å². The van der Waals surface area contributed by atoms with E-state index >= 15 is 0 Å². The van der Waals surface area contributed by atoms with Gasteiger partial charge in [-0.15, -0.1) is 0 Å². The van der Waals surface area contributed by atoms with Gasteiger partial charge in [0.1, 0.15) is 5.52 Å². The maximum atomic E-state index is 5.45. The van der Waals surface area contributed by atoms with Crippen molar-refractivity contribution in [2.24, 2.45) is 5.73 Å². The largest absolute Gasteiger partial charge is 0.329 e. The number of halogens is 1. The fourth-order valence-electron chi connectivity index (χ4n) is 1.31. The summed E-state index contributed by atoms with van der Waals surface area (Å²) in [5, 5.41) is 5.53. The van der Waals surface area contributed by atoms with E-state index in [1.807, 2.05) is 29.1 Å². The van der Waals surface area contributed by atoms with Crippen LogP contribution in [-0.2, 0) is 6.54 Å². The third-order valence-electron chi connectivity index (χ3n) is 1.89. The Labute approximate surface area is 84.7 Å². The molecule has 1 aromatic carbocycles. The molecule has 1 heterocycles. The molecule has 2 aromatic rings. The van der Waals surface area contributed by atoms with Crippen LogP contribution in [0.25, 0.3) is 10.9 Å². The van der Waals surface area contributed by atoms with E-state index in [0.717, 1.165) is 21.9 Å². The Bertz CT molecular complexity index is 422. The van der Waals surface area contributed by atoms with E-state index in [2.05, 4.69) is 21.0 Å². The maximum Gasteiger partial charge on any atom is 0.106 e. The Balaban J connectivity index is 2.55. The van der Waals surface area contributed by atoms with Gasteiger partial charge in [0, 0.05) is 22.6 Å². The van der Waals surface area contributed by atoms with Crippen molar-refractivity contribution in [2.45, 2.75) is 6.54 Å². The first-order valence-corrected chi connectivity index (χ1v) is 4.92. The zero-order valence-corrected chi connectivity index (χ0v) is 8.66. The summed E-state index contributed by atoms with van der Waals surface area (Å²) in [4.78, 5) is 0. The third-order valence-corrected chi connectivity index (χ3v) is 2.53. The minimum atomic E-state index is 0.617. The van der Waals surface area contributed by atoms with Gasteiger partial charge in [0.2, 0.25) is 0 Å². The highest BCUT2D eigenvalue weighted by Crippen LogP contribution is 2.21. The molecule has 0 radical (unpaired) electrons. The van der Waals surface area contributed by atoms with Crippen molar-refractivity contribution in [3.8, 4) is 0 Å². The van der Waals surface area contributed by atoms with Gasteiger partial charge in [0.25, 0.3) is 0 Å². The van der Waals surface area contributed by atoms with E-state index in [1.54, 1.807) is 0 Å². The molecule has 0 atom stereocenters. The number of rotatable bonds is 2. The normalized spacial score (nSPS) is 10.9. The minimum absolute atomic E-state index is 0.617. The van der Waals surface area contributed by atoms with Gasteiger partial charge in [0.05, 0.1) is 6.54 Å². The summed E-state index contributed by atoms with van der Waals surface area (Å²) in [6.07, 6.45) is 2.01. The molecule has 2 N–H and O–H groups in total. The molecule has 0 amide bonds. The Morgan fingerprint density at radius 3 is 3.00 bits per heavy atom. The molecular weight excluding hydrogens is 230 g/mol. The highest BCUT2D eigenvalue weighted by molar-refractivity contribution is 9.10. The van der Waals surface area contributed by atoms with Crippen molar-refractivity contribution in [3.63, 3.8) is 0 Å². The first-order chi connectivity index (χ1) is 6.31.